The minimum Gasteiger partial charge on any atom is -0.450 e. The fourth-order valence-electron chi connectivity index (χ4n) is 1.51. The lowest BCUT2D eigenvalue weighted by molar-refractivity contribution is -0.116. The molecule has 100 valence electrons. The summed E-state index contributed by atoms with van der Waals surface area (Å²) in [6, 6.07) is 3.54. The molecular formula is C13H18BrNO3. The molecule has 0 aromatic carbocycles. The van der Waals surface area contributed by atoms with Gasteiger partial charge in [-0.05, 0) is 46.5 Å². The summed E-state index contributed by atoms with van der Waals surface area (Å²) in [5.41, 5.74) is 0. The molecule has 18 heavy (non-hydrogen) atoms. The summed E-state index contributed by atoms with van der Waals surface area (Å²) < 4.78 is 5.87. The molecule has 1 atom stereocenters. The summed E-state index contributed by atoms with van der Waals surface area (Å²) in [5.74, 6) is 0.795. The van der Waals surface area contributed by atoms with E-state index in [9.17, 15) is 4.79 Å². The number of nitrogens with one attached hydrogen (secondary N) is 1. The largest absolute Gasteiger partial charge is 0.450 e. The number of rotatable bonds is 7. The highest BCUT2D eigenvalue weighted by Gasteiger charge is 2.06. The molecule has 0 bridgehead atoms. The zero-order chi connectivity index (χ0) is 13.4. The van der Waals surface area contributed by atoms with Crippen molar-refractivity contribution in [3.8, 4) is 0 Å². The Morgan fingerprint density at radius 2 is 2.39 bits per heavy atom. The summed E-state index contributed by atoms with van der Waals surface area (Å²) in [6.07, 6.45) is 4.71. The van der Waals surface area contributed by atoms with Gasteiger partial charge in [0.05, 0.1) is 0 Å². The van der Waals surface area contributed by atoms with Crippen LogP contribution < -0.4 is 5.32 Å². The van der Waals surface area contributed by atoms with Crippen LogP contribution in [0, 0.1) is 5.92 Å². The molecule has 0 saturated heterocycles. The summed E-state index contributed by atoms with van der Waals surface area (Å²) >= 11 is 3.19. The first-order valence-electron chi connectivity index (χ1n) is 5.97. The van der Waals surface area contributed by atoms with E-state index in [0.717, 1.165) is 6.42 Å². The molecule has 1 amide bonds. The minimum absolute atomic E-state index is 0.154. The lowest BCUT2D eigenvalue weighted by Gasteiger charge is -2.13. The molecule has 1 unspecified atom stereocenters. The monoisotopic (exact) mass is 315 g/mol. The second-order valence-electron chi connectivity index (χ2n) is 4.01. The van der Waals surface area contributed by atoms with Gasteiger partial charge in [-0.15, -0.1) is 0 Å². The van der Waals surface area contributed by atoms with Crippen LogP contribution in [-0.2, 0) is 4.79 Å². The summed E-state index contributed by atoms with van der Waals surface area (Å²) in [4.78, 5) is 11.5. The Morgan fingerprint density at radius 1 is 1.61 bits per heavy atom. The van der Waals surface area contributed by atoms with Crippen molar-refractivity contribution in [2.45, 2.75) is 19.8 Å². The predicted molar refractivity (Wildman–Crippen MR) is 73.9 cm³/mol. The van der Waals surface area contributed by atoms with Crippen LogP contribution in [0.2, 0.25) is 0 Å². The van der Waals surface area contributed by atoms with Gasteiger partial charge >= 0.3 is 0 Å². The first-order valence-corrected chi connectivity index (χ1v) is 6.77. The van der Waals surface area contributed by atoms with E-state index in [-0.39, 0.29) is 12.5 Å². The molecule has 1 heterocycles. The lowest BCUT2D eigenvalue weighted by atomic mass is 10.0. The predicted octanol–water partition coefficient (Wildman–Crippen LogP) is 2.58. The fourth-order valence-corrected chi connectivity index (χ4v) is 1.83. The van der Waals surface area contributed by atoms with Gasteiger partial charge in [-0.3, -0.25) is 4.79 Å². The summed E-state index contributed by atoms with van der Waals surface area (Å²) in [7, 11) is 0. The number of halogens is 1. The molecule has 0 spiro atoms. The number of aliphatic hydroxyl groups excluding tert-OH is 1. The normalized spacial score (nSPS) is 12.8. The number of carbonyl (C=O) groups is 1. The molecule has 1 rings (SSSR count). The van der Waals surface area contributed by atoms with Gasteiger partial charge in [0.15, 0.2) is 4.67 Å². The molecular weight excluding hydrogens is 298 g/mol. The zero-order valence-corrected chi connectivity index (χ0v) is 11.9. The van der Waals surface area contributed by atoms with E-state index in [1.165, 1.54) is 6.08 Å². The molecule has 2 N–H and O–H groups in total. The Balaban J connectivity index is 2.35. The number of hydrogen-bond donors (Lipinski definition) is 2. The highest BCUT2D eigenvalue weighted by atomic mass is 79.9. The zero-order valence-electron chi connectivity index (χ0n) is 10.4. The maximum absolute atomic E-state index is 11.5. The van der Waals surface area contributed by atoms with Crippen LogP contribution in [0.5, 0.6) is 0 Å². The van der Waals surface area contributed by atoms with E-state index in [1.54, 1.807) is 18.2 Å². The molecule has 0 fully saturated rings. The van der Waals surface area contributed by atoms with Crippen molar-refractivity contribution in [2.24, 2.45) is 5.92 Å². The highest BCUT2D eigenvalue weighted by molar-refractivity contribution is 9.10. The van der Waals surface area contributed by atoms with Gasteiger partial charge in [0.1, 0.15) is 5.76 Å². The number of furan rings is 1. The Bertz CT molecular complexity index is 401. The van der Waals surface area contributed by atoms with Crippen LogP contribution in [0.25, 0.3) is 6.08 Å². The molecule has 0 aliphatic rings. The SMILES string of the molecule is CCC(CCO)CNC(=O)C=Cc1ccc(Br)o1. The van der Waals surface area contributed by atoms with Crippen molar-refractivity contribution >= 4 is 27.9 Å². The maximum atomic E-state index is 11.5. The van der Waals surface area contributed by atoms with Gasteiger partial charge in [0, 0.05) is 19.2 Å². The van der Waals surface area contributed by atoms with Gasteiger partial charge in [0.2, 0.25) is 5.91 Å². The number of hydrogen-bond acceptors (Lipinski definition) is 3. The van der Waals surface area contributed by atoms with Crippen LogP contribution in [0.3, 0.4) is 0 Å². The molecule has 1 aromatic heterocycles. The molecule has 0 saturated carbocycles. The van der Waals surface area contributed by atoms with Gasteiger partial charge in [-0.2, -0.15) is 0 Å². The van der Waals surface area contributed by atoms with Crippen molar-refractivity contribution in [1.82, 2.24) is 5.32 Å². The van der Waals surface area contributed by atoms with Gasteiger partial charge in [-0.1, -0.05) is 13.3 Å². The number of amides is 1. The van der Waals surface area contributed by atoms with E-state index >= 15 is 0 Å². The third-order valence-corrected chi connectivity index (χ3v) is 3.10. The first kappa shape index (κ1) is 15.0. The Kier molecular flexibility index (Phi) is 6.75. The third-order valence-electron chi connectivity index (χ3n) is 2.67. The second kappa shape index (κ2) is 8.11. The van der Waals surface area contributed by atoms with Crippen LogP contribution in [0.4, 0.5) is 0 Å². The van der Waals surface area contributed by atoms with E-state index in [2.05, 4.69) is 21.2 Å². The summed E-state index contributed by atoms with van der Waals surface area (Å²) in [5, 5.41) is 11.6. The van der Waals surface area contributed by atoms with Crippen molar-refractivity contribution in [3.63, 3.8) is 0 Å². The average Bonchev–Trinajstić information content (AvgIpc) is 2.77. The Morgan fingerprint density at radius 3 is 2.94 bits per heavy atom. The molecule has 4 nitrogen and oxygen atoms in total. The van der Waals surface area contributed by atoms with Gasteiger partial charge in [-0.25, -0.2) is 0 Å². The lowest BCUT2D eigenvalue weighted by Crippen LogP contribution is -2.28. The third kappa shape index (κ3) is 5.51. The second-order valence-corrected chi connectivity index (χ2v) is 4.79. The minimum atomic E-state index is -0.154. The summed E-state index contributed by atoms with van der Waals surface area (Å²) in [6.45, 7) is 2.79. The van der Waals surface area contributed by atoms with Crippen molar-refractivity contribution in [3.05, 3.63) is 28.6 Å². The first-order chi connectivity index (χ1) is 8.65. The van der Waals surface area contributed by atoms with E-state index in [0.29, 0.717) is 29.3 Å². The van der Waals surface area contributed by atoms with E-state index in [4.69, 9.17) is 9.52 Å². The van der Waals surface area contributed by atoms with Gasteiger partial charge < -0.3 is 14.8 Å². The smallest absolute Gasteiger partial charge is 0.244 e. The number of aliphatic hydroxyl groups is 1. The molecule has 1 aromatic rings. The molecule has 0 aliphatic heterocycles. The topological polar surface area (TPSA) is 62.5 Å². The fraction of sp³-hybridized carbons (Fsp3) is 0.462. The van der Waals surface area contributed by atoms with Crippen molar-refractivity contribution < 1.29 is 14.3 Å². The van der Waals surface area contributed by atoms with Crippen LogP contribution in [0.15, 0.2) is 27.3 Å². The Labute approximate surface area is 115 Å². The van der Waals surface area contributed by atoms with Crippen LogP contribution >= 0.6 is 15.9 Å². The maximum Gasteiger partial charge on any atom is 0.244 e. The molecule has 0 aliphatic carbocycles. The van der Waals surface area contributed by atoms with Crippen molar-refractivity contribution in [2.75, 3.05) is 13.2 Å². The quantitative estimate of drug-likeness (QED) is 0.760. The van der Waals surface area contributed by atoms with Crippen LogP contribution in [-0.4, -0.2) is 24.2 Å². The Hall–Kier alpha value is -1.07. The molecule has 0 radical (unpaired) electrons. The van der Waals surface area contributed by atoms with Gasteiger partial charge in [0.25, 0.3) is 0 Å². The standard InChI is InChI=1S/C13H18BrNO3/c1-2-10(7-8-16)9-15-13(17)6-4-11-3-5-12(14)18-11/h3-6,10,16H,2,7-9H2,1H3,(H,15,17). The van der Waals surface area contributed by atoms with E-state index in [1.807, 2.05) is 6.92 Å². The molecule has 5 heteroatoms. The van der Waals surface area contributed by atoms with Crippen LogP contribution in [0.1, 0.15) is 25.5 Å². The van der Waals surface area contributed by atoms with Crippen molar-refractivity contribution in [1.29, 1.82) is 0 Å². The average molecular weight is 316 g/mol. The number of carbonyl (C=O) groups excluding carboxylic acids is 1. The van der Waals surface area contributed by atoms with E-state index < -0.39 is 0 Å². The highest BCUT2D eigenvalue weighted by Crippen LogP contribution is 2.14.